The number of nitrogens with zero attached hydrogens (tertiary/aromatic N) is 1. The number of ketones is 1. The van der Waals surface area contributed by atoms with Crippen molar-refractivity contribution >= 4 is 5.78 Å². The quantitative estimate of drug-likeness (QED) is 0.940. The first-order valence-corrected chi connectivity index (χ1v) is 7.00. The van der Waals surface area contributed by atoms with Crippen molar-refractivity contribution in [3.8, 4) is 5.75 Å². The summed E-state index contributed by atoms with van der Waals surface area (Å²) in [4.78, 5) is 16.6. The van der Waals surface area contributed by atoms with E-state index in [9.17, 15) is 9.90 Å². The molecule has 21 heavy (non-hydrogen) atoms. The molecule has 2 unspecified atom stereocenters. The van der Waals surface area contributed by atoms with E-state index in [1.807, 2.05) is 6.07 Å². The van der Waals surface area contributed by atoms with E-state index in [1.165, 1.54) is 0 Å². The van der Waals surface area contributed by atoms with Gasteiger partial charge in [0.1, 0.15) is 5.75 Å². The van der Waals surface area contributed by atoms with Crippen molar-refractivity contribution in [3.63, 3.8) is 0 Å². The van der Waals surface area contributed by atoms with Gasteiger partial charge >= 0.3 is 0 Å². The van der Waals surface area contributed by atoms with E-state index < -0.39 is 12.0 Å². The van der Waals surface area contributed by atoms with Gasteiger partial charge in [-0.15, -0.1) is 0 Å². The third-order valence-corrected chi connectivity index (χ3v) is 4.07. The monoisotopic (exact) mass is 283 g/mol. The van der Waals surface area contributed by atoms with Crippen LogP contribution in [0.3, 0.4) is 0 Å². The standard InChI is InChI=1S/C17H17NO3/c1-21-13-3-5-14-12(10-13)2-4-15(17(14)20)16(19)11-6-8-18-9-7-11/h3,5-10,15-16,19H,2,4H2,1H3. The molecule has 1 aliphatic rings. The number of aryl methyl sites for hydroxylation is 1. The Morgan fingerprint density at radius 2 is 2.05 bits per heavy atom. The highest BCUT2D eigenvalue weighted by molar-refractivity contribution is 6.00. The van der Waals surface area contributed by atoms with E-state index in [0.29, 0.717) is 12.0 Å². The molecule has 3 rings (SSSR count). The minimum Gasteiger partial charge on any atom is -0.497 e. The molecule has 0 saturated carbocycles. The number of hydrogen-bond acceptors (Lipinski definition) is 4. The average molecular weight is 283 g/mol. The Labute approximate surface area is 123 Å². The molecule has 4 nitrogen and oxygen atoms in total. The van der Waals surface area contributed by atoms with Crippen LogP contribution >= 0.6 is 0 Å². The Morgan fingerprint density at radius 1 is 1.29 bits per heavy atom. The number of pyridine rings is 1. The van der Waals surface area contributed by atoms with Crippen LogP contribution in [0.15, 0.2) is 42.7 Å². The summed E-state index contributed by atoms with van der Waals surface area (Å²) < 4.78 is 5.19. The molecule has 4 heteroatoms. The lowest BCUT2D eigenvalue weighted by molar-refractivity contribution is 0.0637. The van der Waals surface area contributed by atoms with Gasteiger partial charge in [-0.1, -0.05) is 0 Å². The molecule has 0 spiro atoms. The van der Waals surface area contributed by atoms with E-state index in [2.05, 4.69) is 4.98 Å². The van der Waals surface area contributed by atoms with Gasteiger partial charge in [-0.05, 0) is 54.3 Å². The van der Waals surface area contributed by atoms with E-state index in [0.717, 1.165) is 23.3 Å². The maximum Gasteiger partial charge on any atom is 0.169 e. The number of fused-ring (bicyclic) bond motifs is 1. The smallest absolute Gasteiger partial charge is 0.169 e. The zero-order valence-electron chi connectivity index (χ0n) is 11.8. The van der Waals surface area contributed by atoms with Crippen LogP contribution < -0.4 is 4.74 Å². The Morgan fingerprint density at radius 3 is 2.76 bits per heavy atom. The summed E-state index contributed by atoms with van der Waals surface area (Å²) in [5.74, 6) is 0.367. The molecule has 2 aromatic rings. The molecule has 0 radical (unpaired) electrons. The second-order valence-corrected chi connectivity index (χ2v) is 5.26. The summed E-state index contributed by atoms with van der Waals surface area (Å²) in [6, 6.07) is 8.99. The van der Waals surface area contributed by atoms with Gasteiger partial charge in [-0.3, -0.25) is 9.78 Å². The fourth-order valence-corrected chi connectivity index (χ4v) is 2.88. The number of aliphatic hydroxyl groups is 1. The number of rotatable bonds is 3. The topological polar surface area (TPSA) is 59.4 Å². The molecular weight excluding hydrogens is 266 g/mol. The number of aliphatic hydroxyl groups excluding tert-OH is 1. The van der Waals surface area contributed by atoms with Crippen LogP contribution in [0.4, 0.5) is 0 Å². The van der Waals surface area contributed by atoms with Crippen molar-refractivity contribution in [2.45, 2.75) is 18.9 Å². The number of benzene rings is 1. The van der Waals surface area contributed by atoms with Gasteiger partial charge in [-0.2, -0.15) is 0 Å². The van der Waals surface area contributed by atoms with E-state index in [1.54, 1.807) is 43.8 Å². The SMILES string of the molecule is COc1ccc2c(c1)CCC(C(O)c1ccncc1)C2=O. The van der Waals surface area contributed by atoms with Crippen molar-refractivity contribution in [2.24, 2.45) is 5.92 Å². The van der Waals surface area contributed by atoms with Crippen molar-refractivity contribution < 1.29 is 14.6 Å². The first-order chi connectivity index (χ1) is 10.2. The van der Waals surface area contributed by atoms with E-state index in [4.69, 9.17) is 4.74 Å². The predicted octanol–water partition coefficient (Wildman–Crippen LogP) is 2.57. The number of aromatic nitrogens is 1. The maximum absolute atomic E-state index is 12.6. The van der Waals surface area contributed by atoms with Crippen molar-refractivity contribution in [1.82, 2.24) is 4.98 Å². The van der Waals surface area contributed by atoms with Gasteiger partial charge < -0.3 is 9.84 Å². The minimum absolute atomic E-state index is 0.00298. The Balaban J connectivity index is 1.89. The van der Waals surface area contributed by atoms with Crippen LogP contribution in [0, 0.1) is 5.92 Å². The van der Waals surface area contributed by atoms with E-state index in [-0.39, 0.29) is 5.78 Å². The lowest BCUT2D eigenvalue weighted by Gasteiger charge is -2.27. The van der Waals surface area contributed by atoms with E-state index >= 15 is 0 Å². The summed E-state index contributed by atoms with van der Waals surface area (Å²) in [5, 5.41) is 10.5. The largest absolute Gasteiger partial charge is 0.497 e. The van der Waals surface area contributed by atoms with Gasteiger partial charge in [0.05, 0.1) is 19.1 Å². The van der Waals surface area contributed by atoms with Crippen LogP contribution in [0.1, 0.15) is 34.0 Å². The highest BCUT2D eigenvalue weighted by Crippen LogP contribution is 2.35. The molecule has 1 N–H and O–H groups in total. The van der Waals surface area contributed by atoms with Gasteiger partial charge in [0, 0.05) is 18.0 Å². The molecule has 0 bridgehead atoms. The summed E-state index contributed by atoms with van der Waals surface area (Å²) in [6.45, 7) is 0. The molecule has 1 aromatic carbocycles. The molecule has 0 fully saturated rings. The predicted molar refractivity (Wildman–Crippen MR) is 78.3 cm³/mol. The third kappa shape index (κ3) is 2.54. The second kappa shape index (κ2) is 5.66. The molecule has 1 aliphatic carbocycles. The zero-order chi connectivity index (χ0) is 14.8. The Bertz CT molecular complexity index is 654. The molecule has 1 aromatic heterocycles. The summed E-state index contributed by atoms with van der Waals surface area (Å²) in [7, 11) is 1.61. The van der Waals surface area contributed by atoms with Crippen molar-refractivity contribution in [3.05, 3.63) is 59.4 Å². The maximum atomic E-state index is 12.6. The van der Waals surface area contributed by atoms with Crippen LogP contribution in [0.5, 0.6) is 5.75 Å². The molecule has 108 valence electrons. The van der Waals surface area contributed by atoms with Crippen LogP contribution in [-0.2, 0) is 6.42 Å². The van der Waals surface area contributed by atoms with Gasteiger partial charge in [-0.25, -0.2) is 0 Å². The minimum atomic E-state index is -0.782. The summed E-state index contributed by atoms with van der Waals surface area (Å²) in [6.07, 6.45) is 3.89. The molecule has 0 saturated heterocycles. The average Bonchev–Trinajstić information content (AvgIpc) is 2.55. The Hall–Kier alpha value is -2.20. The third-order valence-electron chi connectivity index (χ3n) is 4.07. The first-order valence-electron chi connectivity index (χ1n) is 7.00. The molecule has 1 heterocycles. The lowest BCUT2D eigenvalue weighted by Crippen LogP contribution is -2.28. The van der Waals surface area contributed by atoms with Crippen LogP contribution in [-0.4, -0.2) is 23.0 Å². The Kier molecular flexibility index (Phi) is 3.71. The first kappa shape index (κ1) is 13.8. The fraction of sp³-hybridized carbons (Fsp3) is 0.294. The highest BCUT2D eigenvalue weighted by atomic mass is 16.5. The number of carbonyl (C=O) groups excluding carboxylic acids is 1. The van der Waals surface area contributed by atoms with Crippen molar-refractivity contribution in [2.75, 3.05) is 7.11 Å². The van der Waals surface area contributed by atoms with Crippen molar-refractivity contribution in [1.29, 1.82) is 0 Å². The molecular formula is C17H17NO3. The number of carbonyl (C=O) groups is 1. The summed E-state index contributed by atoms with van der Waals surface area (Å²) >= 11 is 0. The second-order valence-electron chi connectivity index (χ2n) is 5.26. The summed E-state index contributed by atoms with van der Waals surface area (Å²) in [5.41, 5.74) is 2.43. The molecule has 0 amide bonds. The zero-order valence-corrected chi connectivity index (χ0v) is 11.8. The van der Waals surface area contributed by atoms with Crippen LogP contribution in [0.25, 0.3) is 0 Å². The molecule has 2 atom stereocenters. The van der Waals surface area contributed by atoms with Gasteiger partial charge in [0.2, 0.25) is 0 Å². The molecule has 0 aliphatic heterocycles. The number of hydrogen-bond donors (Lipinski definition) is 1. The number of Topliss-reactive ketones (excluding diaryl/α,β-unsaturated/α-hetero) is 1. The normalized spacial score (nSPS) is 19.0. The lowest BCUT2D eigenvalue weighted by atomic mass is 9.78. The van der Waals surface area contributed by atoms with Gasteiger partial charge in [0.15, 0.2) is 5.78 Å². The van der Waals surface area contributed by atoms with Gasteiger partial charge in [0.25, 0.3) is 0 Å². The fourth-order valence-electron chi connectivity index (χ4n) is 2.88. The highest BCUT2D eigenvalue weighted by Gasteiger charge is 2.33. The van der Waals surface area contributed by atoms with Crippen LogP contribution in [0.2, 0.25) is 0 Å². The number of methoxy groups -OCH3 is 1. The number of ether oxygens (including phenoxy) is 1.